The molecule has 35 heavy (non-hydrogen) atoms. The van der Waals surface area contributed by atoms with Gasteiger partial charge in [0.25, 0.3) is 11.8 Å². The Morgan fingerprint density at radius 1 is 1.03 bits per heavy atom. The first kappa shape index (κ1) is 22.5. The number of nitrogens with one attached hydrogen (secondary N) is 2. The predicted octanol–water partition coefficient (Wildman–Crippen LogP) is 3.98. The zero-order valence-electron chi connectivity index (χ0n) is 19.1. The van der Waals surface area contributed by atoms with Crippen LogP contribution in [0.5, 0.6) is 0 Å². The van der Waals surface area contributed by atoms with Gasteiger partial charge >= 0.3 is 0 Å². The normalized spacial score (nSPS) is 15.0. The van der Waals surface area contributed by atoms with Gasteiger partial charge < -0.3 is 15.4 Å². The minimum absolute atomic E-state index is 0.185. The van der Waals surface area contributed by atoms with Gasteiger partial charge in [0.15, 0.2) is 0 Å². The largest absolute Gasteiger partial charge is 0.368 e. The Morgan fingerprint density at radius 3 is 2.63 bits per heavy atom. The van der Waals surface area contributed by atoms with Crippen LogP contribution < -0.4 is 10.6 Å². The first-order chi connectivity index (χ1) is 17.2. The third-order valence-electron chi connectivity index (χ3n) is 5.82. The van der Waals surface area contributed by atoms with Crippen LogP contribution in [0.4, 0.5) is 5.69 Å². The molecule has 4 aromatic rings. The quantitative estimate of drug-likeness (QED) is 0.428. The van der Waals surface area contributed by atoms with E-state index in [1.165, 1.54) is 0 Å². The monoisotopic (exact) mass is 467 g/mol. The Labute approximate surface area is 203 Å². The van der Waals surface area contributed by atoms with E-state index in [0.717, 1.165) is 28.9 Å². The summed E-state index contributed by atoms with van der Waals surface area (Å²) in [6.45, 7) is 0.888. The summed E-state index contributed by atoms with van der Waals surface area (Å²) in [5.74, 6) is -0.429. The molecule has 8 heteroatoms. The molecule has 176 valence electrons. The summed E-state index contributed by atoms with van der Waals surface area (Å²) in [7, 11) is 0. The summed E-state index contributed by atoms with van der Waals surface area (Å²) >= 11 is 0. The summed E-state index contributed by atoms with van der Waals surface area (Å²) in [6.07, 6.45) is 6.51. The van der Waals surface area contributed by atoms with Crippen molar-refractivity contribution in [3.05, 3.63) is 96.4 Å². The highest BCUT2D eigenvalue weighted by molar-refractivity contribution is 5.98. The molecule has 0 aliphatic carbocycles. The van der Waals surface area contributed by atoms with Crippen LogP contribution in [-0.4, -0.2) is 39.3 Å². The number of anilines is 1. The van der Waals surface area contributed by atoms with E-state index in [0.29, 0.717) is 24.3 Å². The molecule has 1 unspecified atom stereocenters. The fraction of sp³-hybridized carbons (Fsp3) is 0.185. The molecule has 0 saturated carbocycles. The van der Waals surface area contributed by atoms with Gasteiger partial charge in [-0.15, -0.1) is 0 Å². The van der Waals surface area contributed by atoms with Crippen LogP contribution >= 0.6 is 0 Å². The number of amides is 2. The lowest BCUT2D eigenvalue weighted by atomic mass is 10.1. The number of hydrogen-bond donors (Lipinski definition) is 2. The highest BCUT2D eigenvalue weighted by atomic mass is 16.5. The van der Waals surface area contributed by atoms with E-state index in [2.05, 4.69) is 15.6 Å². The van der Waals surface area contributed by atoms with Crippen LogP contribution in [0.1, 0.15) is 28.8 Å². The van der Waals surface area contributed by atoms with Crippen LogP contribution in [0.25, 0.3) is 16.9 Å². The molecule has 0 spiro atoms. The van der Waals surface area contributed by atoms with Crippen LogP contribution in [0.3, 0.4) is 0 Å². The fourth-order valence-electron chi connectivity index (χ4n) is 4.03. The van der Waals surface area contributed by atoms with Crippen molar-refractivity contribution in [1.82, 2.24) is 20.1 Å². The minimum Gasteiger partial charge on any atom is -0.368 e. The molecular formula is C27H25N5O3. The average Bonchev–Trinajstić information content (AvgIpc) is 3.59. The zero-order valence-corrected chi connectivity index (χ0v) is 19.1. The van der Waals surface area contributed by atoms with E-state index >= 15 is 0 Å². The van der Waals surface area contributed by atoms with E-state index in [4.69, 9.17) is 9.84 Å². The summed E-state index contributed by atoms with van der Waals surface area (Å²) in [5.41, 5.74) is 4.50. The van der Waals surface area contributed by atoms with Gasteiger partial charge in [-0.2, -0.15) is 5.10 Å². The van der Waals surface area contributed by atoms with Crippen LogP contribution in [0.15, 0.2) is 85.3 Å². The predicted molar refractivity (Wildman–Crippen MR) is 132 cm³/mol. The maximum atomic E-state index is 13.0. The second kappa shape index (κ2) is 10.3. The maximum absolute atomic E-state index is 13.0. The number of carbonyl (C=O) groups excluding carboxylic acids is 2. The molecule has 1 saturated heterocycles. The maximum Gasteiger partial charge on any atom is 0.253 e. The Bertz CT molecular complexity index is 1320. The number of hydrogen-bond acceptors (Lipinski definition) is 5. The van der Waals surface area contributed by atoms with Gasteiger partial charge in [0, 0.05) is 54.1 Å². The molecule has 1 aliphatic heterocycles. The lowest BCUT2D eigenvalue weighted by Gasteiger charge is -2.11. The van der Waals surface area contributed by atoms with Crippen molar-refractivity contribution in [1.29, 1.82) is 0 Å². The number of aromatic nitrogens is 3. The van der Waals surface area contributed by atoms with Crippen molar-refractivity contribution in [2.45, 2.75) is 25.5 Å². The van der Waals surface area contributed by atoms with E-state index in [1.807, 2.05) is 48.7 Å². The molecule has 8 nitrogen and oxygen atoms in total. The summed E-state index contributed by atoms with van der Waals surface area (Å²) < 4.78 is 7.23. The number of carbonyl (C=O) groups is 2. The van der Waals surface area contributed by atoms with Crippen molar-refractivity contribution < 1.29 is 14.3 Å². The van der Waals surface area contributed by atoms with Gasteiger partial charge in [-0.3, -0.25) is 14.6 Å². The Balaban J connectivity index is 1.32. The first-order valence-corrected chi connectivity index (χ1v) is 11.5. The van der Waals surface area contributed by atoms with Crippen molar-refractivity contribution in [2.24, 2.45) is 0 Å². The van der Waals surface area contributed by atoms with Crippen LogP contribution in [0, 0.1) is 0 Å². The molecule has 0 bridgehead atoms. The first-order valence-electron chi connectivity index (χ1n) is 11.5. The Hall–Kier alpha value is -4.30. The number of ether oxygens (including phenoxy) is 1. The lowest BCUT2D eigenvalue weighted by Crippen LogP contribution is -2.27. The molecular weight excluding hydrogens is 442 g/mol. The Morgan fingerprint density at radius 2 is 1.86 bits per heavy atom. The molecule has 2 amide bonds. The number of benzene rings is 2. The second-order valence-corrected chi connectivity index (χ2v) is 8.27. The molecule has 3 heterocycles. The minimum atomic E-state index is -0.430. The van der Waals surface area contributed by atoms with Crippen molar-refractivity contribution in [2.75, 3.05) is 11.9 Å². The summed E-state index contributed by atoms with van der Waals surface area (Å²) in [6, 6.07) is 20.5. The summed E-state index contributed by atoms with van der Waals surface area (Å²) in [4.78, 5) is 29.4. The van der Waals surface area contributed by atoms with Crippen LogP contribution in [-0.2, 0) is 16.1 Å². The SMILES string of the molecule is O=C(NCc1cn(-c2ccccc2)nc1-c1ccncc1)c1cccc(NC(=O)C2CCCO2)c1. The van der Waals surface area contributed by atoms with Gasteiger partial charge in [0.1, 0.15) is 6.10 Å². The van der Waals surface area contributed by atoms with E-state index in [1.54, 1.807) is 41.3 Å². The molecule has 1 aliphatic rings. The third kappa shape index (κ3) is 5.28. The summed E-state index contributed by atoms with van der Waals surface area (Å²) in [5, 5.41) is 10.6. The second-order valence-electron chi connectivity index (χ2n) is 8.27. The fourth-order valence-corrected chi connectivity index (χ4v) is 4.03. The zero-order chi connectivity index (χ0) is 24.0. The van der Waals surface area contributed by atoms with Gasteiger partial charge in [-0.25, -0.2) is 4.68 Å². The third-order valence-corrected chi connectivity index (χ3v) is 5.82. The molecule has 0 radical (unpaired) electrons. The van der Waals surface area contributed by atoms with Gasteiger partial charge in [-0.05, 0) is 55.3 Å². The van der Waals surface area contributed by atoms with E-state index in [-0.39, 0.29) is 18.4 Å². The average molecular weight is 468 g/mol. The number of rotatable bonds is 7. The highest BCUT2D eigenvalue weighted by Crippen LogP contribution is 2.23. The molecule has 1 fully saturated rings. The number of para-hydroxylation sites is 1. The molecule has 2 aromatic heterocycles. The van der Waals surface area contributed by atoms with Gasteiger partial charge in [0.2, 0.25) is 0 Å². The number of pyridine rings is 1. The van der Waals surface area contributed by atoms with Crippen molar-refractivity contribution >= 4 is 17.5 Å². The lowest BCUT2D eigenvalue weighted by molar-refractivity contribution is -0.124. The molecule has 5 rings (SSSR count). The van der Waals surface area contributed by atoms with E-state index < -0.39 is 6.10 Å². The van der Waals surface area contributed by atoms with Gasteiger partial charge in [0.05, 0.1) is 11.4 Å². The molecule has 1 atom stereocenters. The Kier molecular flexibility index (Phi) is 6.63. The molecule has 2 N–H and O–H groups in total. The van der Waals surface area contributed by atoms with Gasteiger partial charge in [-0.1, -0.05) is 24.3 Å². The topological polar surface area (TPSA) is 98.1 Å². The molecule has 2 aromatic carbocycles. The smallest absolute Gasteiger partial charge is 0.253 e. The number of nitrogens with zero attached hydrogens (tertiary/aromatic N) is 3. The van der Waals surface area contributed by atoms with Crippen molar-refractivity contribution in [3.63, 3.8) is 0 Å². The highest BCUT2D eigenvalue weighted by Gasteiger charge is 2.23. The van der Waals surface area contributed by atoms with Crippen molar-refractivity contribution in [3.8, 4) is 16.9 Å². The standard InChI is InChI=1S/C27H25N5O3/c33-26(20-6-4-7-22(16-20)30-27(34)24-10-5-15-35-24)29-17-21-18-32(23-8-2-1-3-9-23)31-25(21)19-11-13-28-14-12-19/h1-4,6-9,11-14,16,18,24H,5,10,15,17H2,(H,29,33)(H,30,34). The van der Waals surface area contributed by atoms with E-state index in [9.17, 15) is 9.59 Å². The van der Waals surface area contributed by atoms with Crippen LogP contribution in [0.2, 0.25) is 0 Å².